The van der Waals surface area contributed by atoms with Crippen molar-refractivity contribution < 1.29 is 4.74 Å². The molecule has 1 aliphatic carbocycles. The fraction of sp³-hybridized carbons (Fsp3) is 0.667. The highest BCUT2D eigenvalue weighted by Crippen LogP contribution is 2.32. The second-order valence-corrected chi connectivity index (χ2v) is 6.51. The van der Waals surface area contributed by atoms with Gasteiger partial charge in [0.2, 0.25) is 0 Å². The monoisotopic (exact) mass is 275 g/mol. The molecule has 0 aromatic heterocycles. The summed E-state index contributed by atoms with van der Waals surface area (Å²) in [5.41, 5.74) is 1.26. The van der Waals surface area contributed by atoms with E-state index in [1.807, 2.05) is 0 Å². The zero-order valence-electron chi connectivity index (χ0n) is 13.4. The Balaban J connectivity index is 2.08. The van der Waals surface area contributed by atoms with Crippen molar-refractivity contribution in [2.45, 2.75) is 59.1 Å². The summed E-state index contributed by atoms with van der Waals surface area (Å²) < 4.78 is 6.34. The topological polar surface area (TPSA) is 21.3 Å². The third kappa shape index (κ3) is 3.99. The predicted octanol–water partition coefficient (Wildman–Crippen LogP) is 4.18. The lowest BCUT2D eigenvalue weighted by molar-refractivity contribution is 0.0477. The van der Waals surface area contributed by atoms with Gasteiger partial charge in [-0.1, -0.05) is 32.9 Å². The second-order valence-electron chi connectivity index (χ2n) is 6.51. The van der Waals surface area contributed by atoms with Crippen molar-refractivity contribution in [1.82, 2.24) is 5.32 Å². The molecule has 1 aliphatic rings. The van der Waals surface area contributed by atoms with E-state index >= 15 is 0 Å². The third-order valence-corrected chi connectivity index (χ3v) is 4.31. The fourth-order valence-electron chi connectivity index (χ4n) is 3.40. The lowest BCUT2D eigenvalue weighted by Gasteiger charge is -2.40. The SMILES string of the molecule is CCCNC1CC(C)CC(C)C1Oc1cccc(C)c1. The van der Waals surface area contributed by atoms with Crippen LogP contribution in [0.1, 0.15) is 45.6 Å². The lowest BCUT2D eigenvalue weighted by Crippen LogP contribution is -2.51. The first-order chi connectivity index (χ1) is 9.60. The summed E-state index contributed by atoms with van der Waals surface area (Å²) in [5, 5.41) is 3.69. The standard InChI is InChI=1S/C18H29NO/c1-5-9-19-17-12-14(3)10-15(4)18(17)20-16-8-6-7-13(2)11-16/h6-8,11,14-15,17-19H,5,9-10,12H2,1-4H3. The van der Waals surface area contributed by atoms with Crippen molar-refractivity contribution in [3.05, 3.63) is 29.8 Å². The molecule has 0 spiro atoms. The summed E-state index contributed by atoms with van der Waals surface area (Å²) in [6.45, 7) is 10.1. The van der Waals surface area contributed by atoms with E-state index < -0.39 is 0 Å². The summed E-state index contributed by atoms with van der Waals surface area (Å²) in [4.78, 5) is 0. The van der Waals surface area contributed by atoms with Crippen molar-refractivity contribution >= 4 is 0 Å². The summed E-state index contributed by atoms with van der Waals surface area (Å²) in [7, 11) is 0. The summed E-state index contributed by atoms with van der Waals surface area (Å²) in [6, 6.07) is 8.90. The molecule has 20 heavy (non-hydrogen) atoms. The Labute approximate surface area is 123 Å². The van der Waals surface area contributed by atoms with Gasteiger partial charge in [0.1, 0.15) is 11.9 Å². The van der Waals surface area contributed by atoms with Gasteiger partial charge >= 0.3 is 0 Å². The van der Waals surface area contributed by atoms with Gasteiger partial charge in [-0.2, -0.15) is 0 Å². The third-order valence-electron chi connectivity index (χ3n) is 4.31. The van der Waals surface area contributed by atoms with Gasteiger partial charge in [0, 0.05) is 6.04 Å². The maximum absolute atomic E-state index is 6.34. The Morgan fingerprint density at radius 2 is 2.05 bits per heavy atom. The maximum atomic E-state index is 6.34. The molecule has 0 aliphatic heterocycles. The number of rotatable bonds is 5. The van der Waals surface area contributed by atoms with E-state index in [0.29, 0.717) is 18.1 Å². The zero-order valence-corrected chi connectivity index (χ0v) is 13.4. The fourth-order valence-corrected chi connectivity index (χ4v) is 3.40. The van der Waals surface area contributed by atoms with Crippen LogP contribution in [0, 0.1) is 18.8 Å². The lowest BCUT2D eigenvalue weighted by atomic mass is 9.78. The first-order valence-corrected chi connectivity index (χ1v) is 8.06. The van der Waals surface area contributed by atoms with Crippen molar-refractivity contribution in [2.75, 3.05) is 6.54 Å². The van der Waals surface area contributed by atoms with Gasteiger partial charge in [0.15, 0.2) is 0 Å². The quantitative estimate of drug-likeness (QED) is 0.870. The summed E-state index contributed by atoms with van der Waals surface area (Å²) >= 11 is 0. The average molecular weight is 275 g/mol. The van der Waals surface area contributed by atoms with Gasteiger partial charge in [-0.3, -0.25) is 0 Å². The number of hydrogen-bond acceptors (Lipinski definition) is 2. The molecule has 2 rings (SSSR count). The van der Waals surface area contributed by atoms with Gasteiger partial charge < -0.3 is 10.1 Å². The Morgan fingerprint density at radius 3 is 2.75 bits per heavy atom. The number of benzene rings is 1. The van der Waals surface area contributed by atoms with Crippen LogP contribution in [-0.2, 0) is 0 Å². The molecule has 0 saturated heterocycles. The normalized spacial score (nSPS) is 30.2. The van der Waals surface area contributed by atoms with Crippen LogP contribution in [-0.4, -0.2) is 18.7 Å². The molecule has 1 aromatic carbocycles. The van der Waals surface area contributed by atoms with E-state index in [1.165, 1.54) is 24.8 Å². The molecule has 0 amide bonds. The van der Waals surface area contributed by atoms with E-state index in [1.54, 1.807) is 0 Å². The molecule has 0 bridgehead atoms. The van der Waals surface area contributed by atoms with E-state index in [9.17, 15) is 0 Å². The van der Waals surface area contributed by atoms with Crippen LogP contribution < -0.4 is 10.1 Å². The Bertz CT molecular complexity index is 418. The molecule has 1 aromatic rings. The highest BCUT2D eigenvalue weighted by molar-refractivity contribution is 5.27. The van der Waals surface area contributed by atoms with Crippen molar-refractivity contribution in [3.63, 3.8) is 0 Å². The van der Waals surface area contributed by atoms with Gasteiger partial charge in [-0.15, -0.1) is 0 Å². The maximum Gasteiger partial charge on any atom is 0.120 e. The Kier molecular flexibility index (Phi) is 5.47. The van der Waals surface area contributed by atoms with Crippen molar-refractivity contribution in [1.29, 1.82) is 0 Å². The molecule has 1 saturated carbocycles. The minimum atomic E-state index is 0.291. The number of ether oxygens (including phenoxy) is 1. The average Bonchev–Trinajstić information content (AvgIpc) is 2.40. The Hall–Kier alpha value is -1.02. The second kappa shape index (κ2) is 7.12. The van der Waals surface area contributed by atoms with Crippen LogP contribution >= 0.6 is 0 Å². The largest absolute Gasteiger partial charge is 0.489 e. The van der Waals surface area contributed by atoms with Crippen LogP contribution in [0.2, 0.25) is 0 Å². The molecule has 1 fully saturated rings. The van der Waals surface area contributed by atoms with Gasteiger partial charge in [0.05, 0.1) is 0 Å². The molecule has 1 N–H and O–H groups in total. The Morgan fingerprint density at radius 1 is 1.25 bits per heavy atom. The van der Waals surface area contributed by atoms with Crippen LogP contribution in [0.15, 0.2) is 24.3 Å². The first kappa shape index (κ1) is 15.4. The molecular weight excluding hydrogens is 246 g/mol. The minimum Gasteiger partial charge on any atom is -0.489 e. The smallest absolute Gasteiger partial charge is 0.120 e. The van der Waals surface area contributed by atoms with Crippen molar-refractivity contribution in [2.24, 2.45) is 11.8 Å². The van der Waals surface area contributed by atoms with Gasteiger partial charge in [-0.25, -0.2) is 0 Å². The minimum absolute atomic E-state index is 0.291. The van der Waals surface area contributed by atoms with E-state index in [2.05, 4.69) is 57.3 Å². The highest BCUT2D eigenvalue weighted by Gasteiger charge is 2.35. The first-order valence-electron chi connectivity index (χ1n) is 8.06. The molecule has 4 atom stereocenters. The summed E-state index contributed by atoms with van der Waals surface area (Å²) in [5.74, 6) is 2.41. The number of aryl methyl sites for hydroxylation is 1. The molecule has 2 heteroatoms. The number of nitrogens with one attached hydrogen (secondary N) is 1. The van der Waals surface area contributed by atoms with E-state index in [0.717, 1.165) is 18.2 Å². The molecule has 2 nitrogen and oxygen atoms in total. The van der Waals surface area contributed by atoms with E-state index in [-0.39, 0.29) is 0 Å². The molecule has 112 valence electrons. The van der Waals surface area contributed by atoms with Gasteiger partial charge in [-0.05, 0) is 62.3 Å². The van der Waals surface area contributed by atoms with Crippen molar-refractivity contribution in [3.8, 4) is 5.75 Å². The molecule has 4 unspecified atom stereocenters. The van der Waals surface area contributed by atoms with Crippen LogP contribution in [0.25, 0.3) is 0 Å². The van der Waals surface area contributed by atoms with Crippen LogP contribution in [0.5, 0.6) is 5.75 Å². The molecule has 0 heterocycles. The van der Waals surface area contributed by atoms with E-state index in [4.69, 9.17) is 4.74 Å². The van der Waals surface area contributed by atoms with Crippen LogP contribution in [0.3, 0.4) is 0 Å². The highest BCUT2D eigenvalue weighted by atomic mass is 16.5. The zero-order chi connectivity index (χ0) is 14.5. The van der Waals surface area contributed by atoms with Gasteiger partial charge in [0.25, 0.3) is 0 Å². The molecular formula is C18H29NO. The van der Waals surface area contributed by atoms with Crippen LogP contribution in [0.4, 0.5) is 0 Å². The molecule has 0 radical (unpaired) electrons. The predicted molar refractivity (Wildman–Crippen MR) is 85.2 cm³/mol. The summed E-state index contributed by atoms with van der Waals surface area (Å²) in [6.07, 6.45) is 3.96. The number of hydrogen-bond donors (Lipinski definition) is 1.